The summed E-state index contributed by atoms with van der Waals surface area (Å²) >= 11 is 0. The standard InChI is InChI=1S/C13H19N3O5/c1-3-21-12(18)5-4-11(17)16-10(13(19)20-2)6-9-7-14-8-15-9/h7-8,10H,3-6H2,1-2H3,(H,14,15)(H,16,17)/t10-/m0/s1. The number of aromatic nitrogens is 2. The Kier molecular flexibility index (Phi) is 6.93. The highest BCUT2D eigenvalue weighted by Gasteiger charge is 2.22. The normalized spacial score (nSPS) is 11.5. The molecule has 21 heavy (non-hydrogen) atoms. The highest BCUT2D eigenvalue weighted by Crippen LogP contribution is 2.02. The monoisotopic (exact) mass is 297 g/mol. The van der Waals surface area contributed by atoms with Crippen molar-refractivity contribution in [1.82, 2.24) is 15.3 Å². The third-order valence-electron chi connectivity index (χ3n) is 2.66. The molecule has 0 bridgehead atoms. The average Bonchev–Trinajstić information content (AvgIpc) is 2.97. The molecule has 0 aromatic carbocycles. The quantitative estimate of drug-likeness (QED) is 0.651. The van der Waals surface area contributed by atoms with Gasteiger partial charge in [0, 0.05) is 24.7 Å². The van der Waals surface area contributed by atoms with E-state index in [2.05, 4.69) is 20.0 Å². The first kappa shape index (κ1) is 16.7. The van der Waals surface area contributed by atoms with Crippen LogP contribution in [-0.2, 0) is 30.3 Å². The molecule has 0 aliphatic rings. The van der Waals surface area contributed by atoms with Crippen LogP contribution in [-0.4, -0.2) is 47.6 Å². The van der Waals surface area contributed by atoms with E-state index in [4.69, 9.17) is 4.74 Å². The summed E-state index contributed by atoms with van der Waals surface area (Å²) in [6, 6.07) is -0.829. The summed E-state index contributed by atoms with van der Waals surface area (Å²) in [6.07, 6.45) is 3.19. The summed E-state index contributed by atoms with van der Waals surface area (Å²) in [4.78, 5) is 41.3. The number of H-pyrrole nitrogens is 1. The lowest BCUT2D eigenvalue weighted by Crippen LogP contribution is -2.43. The van der Waals surface area contributed by atoms with Crippen molar-refractivity contribution in [2.75, 3.05) is 13.7 Å². The van der Waals surface area contributed by atoms with Gasteiger partial charge in [0.15, 0.2) is 0 Å². The Balaban J connectivity index is 2.50. The van der Waals surface area contributed by atoms with Crippen molar-refractivity contribution in [3.63, 3.8) is 0 Å². The lowest BCUT2D eigenvalue weighted by molar-refractivity contribution is -0.146. The Labute approximate surface area is 122 Å². The Morgan fingerprint density at radius 3 is 2.71 bits per heavy atom. The second kappa shape index (κ2) is 8.72. The van der Waals surface area contributed by atoms with Gasteiger partial charge in [-0.3, -0.25) is 9.59 Å². The number of nitrogens with zero attached hydrogens (tertiary/aromatic N) is 1. The van der Waals surface area contributed by atoms with Crippen molar-refractivity contribution in [2.24, 2.45) is 0 Å². The number of carbonyl (C=O) groups is 3. The molecule has 0 spiro atoms. The van der Waals surface area contributed by atoms with Gasteiger partial charge in [0.2, 0.25) is 5.91 Å². The molecule has 8 nitrogen and oxygen atoms in total. The number of esters is 2. The number of amides is 1. The van der Waals surface area contributed by atoms with Gasteiger partial charge in [-0.1, -0.05) is 0 Å². The van der Waals surface area contributed by atoms with Crippen LogP contribution in [0.15, 0.2) is 12.5 Å². The highest BCUT2D eigenvalue weighted by molar-refractivity contribution is 5.86. The molecule has 0 saturated carbocycles. The van der Waals surface area contributed by atoms with E-state index in [9.17, 15) is 14.4 Å². The van der Waals surface area contributed by atoms with E-state index in [1.54, 1.807) is 13.1 Å². The summed E-state index contributed by atoms with van der Waals surface area (Å²) in [7, 11) is 1.24. The van der Waals surface area contributed by atoms with Gasteiger partial charge in [-0.25, -0.2) is 9.78 Å². The maximum Gasteiger partial charge on any atom is 0.328 e. The largest absolute Gasteiger partial charge is 0.467 e. The molecule has 0 saturated heterocycles. The fraction of sp³-hybridized carbons (Fsp3) is 0.538. The minimum atomic E-state index is -0.829. The predicted molar refractivity (Wildman–Crippen MR) is 72.1 cm³/mol. The first-order valence-electron chi connectivity index (χ1n) is 6.56. The molecular formula is C13H19N3O5. The van der Waals surface area contributed by atoms with Crippen LogP contribution < -0.4 is 5.32 Å². The number of rotatable bonds is 8. The molecule has 8 heteroatoms. The number of hydrogen-bond acceptors (Lipinski definition) is 6. The molecule has 0 fully saturated rings. The van der Waals surface area contributed by atoms with Crippen LogP contribution in [0.5, 0.6) is 0 Å². The number of nitrogens with one attached hydrogen (secondary N) is 2. The van der Waals surface area contributed by atoms with Gasteiger partial charge in [0.1, 0.15) is 6.04 Å². The van der Waals surface area contributed by atoms with Crippen LogP contribution >= 0.6 is 0 Å². The molecule has 0 aliphatic carbocycles. The van der Waals surface area contributed by atoms with E-state index in [1.807, 2.05) is 0 Å². The molecule has 0 aliphatic heterocycles. The van der Waals surface area contributed by atoms with Crippen LogP contribution in [0, 0.1) is 0 Å². The van der Waals surface area contributed by atoms with Crippen molar-refractivity contribution in [2.45, 2.75) is 32.2 Å². The van der Waals surface area contributed by atoms with Crippen LogP contribution in [0.3, 0.4) is 0 Å². The number of hydrogen-bond donors (Lipinski definition) is 2. The fourth-order valence-electron chi connectivity index (χ4n) is 1.67. The fourth-order valence-corrected chi connectivity index (χ4v) is 1.67. The lowest BCUT2D eigenvalue weighted by atomic mass is 10.1. The van der Waals surface area contributed by atoms with Crippen LogP contribution in [0.1, 0.15) is 25.5 Å². The molecule has 0 radical (unpaired) electrons. The second-order valence-corrected chi connectivity index (χ2v) is 4.23. The van der Waals surface area contributed by atoms with E-state index in [-0.39, 0.29) is 25.9 Å². The zero-order valence-electron chi connectivity index (χ0n) is 12.0. The molecule has 1 aromatic heterocycles. The molecule has 1 heterocycles. The van der Waals surface area contributed by atoms with Crippen LogP contribution in [0.2, 0.25) is 0 Å². The zero-order valence-corrected chi connectivity index (χ0v) is 12.0. The van der Waals surface area contributed by atoms with Crippen molar-refractivity contribution in [3.8, 4) is 0 Å². The smallest absolute Gasteiger partial charge is 0.328 e. The summed E-state index contributed by atoms with van der Waals surface area (Å²) < 4.78 is 9.37. The Morgan fingerprint density at radius 2 is 2.14 bits per heavy atom. The molecule has 2 N–H and O–H groups in total. The van der Waals surface area contributed by atoms with Crippen molar-refractivity contribution in [3.05, 3.63) is 18.2 Å². The second-order valence-electron chi connectivity index (χ2n) is 4.23. The van der Waals surface area contributed by atoms with Crippen LogP contribution in [0.25, 0.3) is 0 Å². The van der Waals surface area contributed by atoms with E-state index >= 15 is 0 Å². The minimum absolute atomic E-state index is 0.0301. The average molecular weight is 297 g/mol. The number of methoxy groups -OCH3 is 1. The van der Waals surface area contributed by atoms with Gasteiger partial charge < -0.3 is 19.8 Å². The number of carbonyl (C=O) groups excluding carboxylic acids is 3. The summed E-state index contributed by atoms with van der Waals surface area (Å²) in [5.41, 5.74) is 0.691. The third-order valence-corrected chi connectivity index (χ3v) is 2.66. The van der Waals surface area contributed by atoms with Crippen LogP contribution in [0.4, 0.5) is 0 Å². The summed E-state index contributed by atoms with van der Waals surface area (Å²) in [5, 5.41) is 2.53. The van der Waals surface area contributed by atoms with E-state index in [1.165, 1.54) is 13.4 Å². The number of imidazole rings is 1. The molecule has 116 valence electrons. The Morgan fingerprint density at radius 1 is 1.38 bits per heavy atom. The van der Waals surface area contributed by atoms with E-state index in [0.717, 1.165) is 0 Å². The molecule has 0 unspecified atom stereocenters. The predicted octanol–water partition coefficient (Wildman–Crippen LogP) is -0.0467. The van der Waals surface area contributed by atoms with E-state index < -0.39 is 23.9 Å². The maximum absolute atomic E-state index is 11.8. The topological polar surface area (TPSA) is 110 Å². The summed E-state index contributed by atoms with van der Waals surface area (Å²) in [5.74, 6) is -1.43. The first-order chi connectivity index (χ1) is 10.1. The zero-order chi connectivity index (χ0) is 15.7. The van der Waals surface area contributed by atoms with Crippen molar-refractivity contribution < 1.29 is 23.9 Å². The summed E-state index contributed by atoms with van der Waals surface area (Å²) in [6.45, 7) is 1.96. The van der Waals surface area contributed by atoms with Gasteiger partial charge in [-0.15, -0.1) is 0 Å². The Hall–Kier alpha value is -2.38. The molecule has 1 amide bonds. The van der Waals surface area contributed by atoms with E-state index in [0.29, 0.717) is 5.69 Å². The Bertz CT molecular complexity index is 472. The lowest BCUT2D eigenvalue weighted by Gasteiger charge is -2.15. The minimum Gasteiger partial charge on any atom is -0.467 e. The maximum atomic E-state index is 11.8. The van der Waals surface area contributed by atoms with Crippen molar-refractivity contribution >= 4 is 17.8 Å². The number of ether oxygens (including phenoxy) is 2. The molecule has 1 rings (SSSR count). The molecule has 1 aromatic rings. The van der Waals surface area contributed by atoms with Gasteiger partial charge >= 0.3 is 11.9 Å². The molecular weight excluding hydrogens is 278 g/mol. The highest BCUT2D eigenvalue weighted by atomic mass is 16.5. The SMILES string of the molecule is CCOC(=O)CCC(=O)N[C@@H](Cc1cnc[nH]1)C(=O)OC. The van der Waals surface area contributed by atoms with Gasteiger partial charge in [0.05, 0.1) is 26.5 Å². The van der Waals surface area contributed by atoms with Gasteiger partial charge in [-0.05, 0) is 6.92 Å². The molecule has 1 atom stereocenters. The number of aromatic amines is 1. The van der Waals surface area contributed by atoms with Crippen molar-refractivity contribution in [1.29, 1.82) is 0 Å². The van der Waals surface area contributed by atoms with Gasteiger partial charge in [-0.2, -0.15) is 0 Å². The third kappa shape index (κ3) is 6.07. The van der Waals surface area contributed by atoms with Gasteiger partial charge in [0.25, 0.3) is 0 Å². The first-order valence-corrected chi connectivity index (χ1v) is 6.56.